The predicted octanol–water partition coefficient (Wildman–Crippen LogP) is 7.76. The number of aromatic nitrogens is 1. The zero-order valence-corrected chi connectivity index (χ0v) is 19.1. The molecule has 0 aliphatic carbocycles. The number of hydrogen-bond acceptors (Lipinski definition) is 3. The van der Waals surface area contributed by atoms with Crippen molar-refractivity contribution in [3.63, 3.8) is 0 Å². The molecule has 1 heterocycles. The summed E-state index contributed by atoms with van der Waals surface area (Å²) in [7, 11) is 0. The quantitative estimate of drug-likeness (QED) is 0.252. The fraction of sp³-hybridized carbons (Fsp3) is 0.0667. The van der Waals surface area contributed by atoms with Gasteiger partial charge in [-0.1, -0.05) is 84.9 Å². The molecule has 0 saturated carbocycles. The normalized spacial score (nSPS) is 11.4. The Balaban J connectivity index is 1.64. The molecule has 0 bridgehead atoms. The van der Waals surface area contributed by atoms with Gasteiger partial charge in [0.15, 0.2) is 5.78 Å². The molecule has 0 aliphatic heterocycles. The van der Waals surface area contributed by atoms with Crippen LogP contribution in [0.3, 0.4) is 0 Å². The first kappa shape index (κ1) is 23.3. The summed E-state index contributed by atoms with van der Waals surface area (Å²) in [5, 5.41) is 3.59. The Bertz CT molecular complexity index is 1530. The number of carbonyl (C=O) groups is 1. The third kappa shape index (κ3) is 4.84. The molecule has 36 heavy (non-hydrogen) atoms. The van der Waals surface area contributed by atoms with Gasteiger partial charge in [-0.15, -0.1) is 0 Å². The van der Waals surface area contributed by atoms with Crippen molar-refractivity contribution in [2.75, 3.05) is 5.32 Å². The lowest BCUT2D eigenvalue weighted by molar-refractivity contribution is -0.136. The summed E-state index contributed by atoms with van der Waals surface area (Å²) < 4.78 is 41.4. The molecule has 0 amide bonds. The Morgan fingerprint density at radius 1 is 0.778 bits per heavy atom. The van der Waals surface area contributed by atoms with Gasteiger partial charge in [0.1, 0.15) is 0 Å². The molecular weight excluding hydrogens is 461 g/mol. The Morgan fingerprint density at radius 3 is 2.19 bits per heavy atom. The van der Waals surface area contributed by atoms with E-state index in [0.717, 1.165) is 17.3 Å². The first-order chi connectivity index (χ1) is 17.4. The maximum Gasteiger partial charge on any atom is 0.418 e. The zero-order valence-electron chi connectivity index (χ0n) is 19.1. The minimum Gasteiger partial charge on any atom is -0.381 e. The van der Waals surface area contributed by atoms with Gasteiger partial charge < -0.3 is 5.32 Å². The number of hydrogen-bond donors (Lipinski definition) is 1. The highest BCUT2D eigenvalue weighted by Gasteiger charge is 2.33. The van der Waals surface area contributed by atoms with Crippen LogP contribution in [-0.4, -0.2) is 10.8 Å². The summed E-state index contributed by atoms with van der Waals surface area (Å²) >= 11 is 0. The summed E-state index contributed by atoms with van der Waals surface area (Å²) in [6.07, 6.45) is -4.58. The van der Waals surface area contributed by atoms with Gasteiger partial charge >= 0.3 is 6.18 Å². The molecule has 0 spiro atoms. The number of alkyl halides is 3. The van der Waals surface area contributed by atoms with Crippen LogP contribution in [0.2, 0.25) is 0 Å². The number of ketones is 1. The summed E-state index contributed by atoms with van der Waals surface area (Å²) in [5.74, 6) is -0.306. The van der Waals surface area contributed by atoms with Gasteiger partial charge in [-0.25, -0.2) is 4.98 Å². The Hall–Kier alpha value is -4.45. The monoisotopic (exact) mass is 482 g/mol. The summed E-state index contributed by atoms with van der Waals surface area (Å²) in [5.41, 5.74) is 2.26. The maximum atomic E-state index is 13.8. The Kier molecular flexibility index (Phi) is 6.25. The maximum absolute atomic E-state index is 13.8. The zero-order chi connectivity index (χ0) is 25.1. The minimum absolute atomic E-state index is 0.188. The Labute approximate surface area is 206 Å². The van der Waals surface area contributed by atoms with Crippen LogP contribution >= 0.6 is 0 Å². The van der Waals surface area contributed by atoms with Crippen LogP contribution in [0.5, 0.6) is 0 Å². The van der Waals surface area contributed by atoms with E-state index in [1.54, 1.807) is 54.6 Å². The van der Waals surface area contributed by atoms with Gasteiger partial charge in [0.05, 0.1) is 16.8 Å². The number of rotatable bonds is 6. The van der Waals surface area contributed by atoms with Crippen LogP contribution < -0.4 is 5.32 Å². The van der Waals surface area contributed by atoms with Gasteiger partial charge in [0.2, 0.25) is 0 Å². The number of pyridine rings is 1. The molecule has 4 aromatic carbocycles. The standard InChI is InChI=1S/C30H21F3N2O/c31-30(32,33)26-16-8-14-23-18-25(29(36)21-11-5-2-6-12-21)27(35-28(23)26)22-13-7-15-24(17-22)34-19-20-9-3-1-4-10-20/h1-18,34H,19H2. The van der Waals surface area contributed by atoms with E-state index in [9.17, 15) is 18.0 Å². The fourth-order valence-corrected chi connectivity index (χ4v) is 4.14. The second-order valence-corrected chi connectivity index (χ2v) is 8.37. The van der Waals surface area contributed by atoms with E-state index in [1.165, 1.54) is 12.1 Å². The topological polar surface area (TPSA) is 42.0 Å². The first-order valence-corrected chi connectivity index (χ1v) is 11.4. The number of fused-ring (bicyclic) bond motifs is 1. The molecule has 5 aromatic rings. The molecule has 0 aliphatic rings. The number of nitrogens with one attached hydrogen (secondary N) is 1. The second kappa shape index (κ2) is 9.66. The number of anilines is 1. The van der Waals surface area contributed by atoms with Gasteiger partial charge in [-0.05, 0) is 29.8 Å². The van der Waals surface area contributed by atoms with Gasteiger partial charge in [-0.3, -0.25) is 4.79 Å². The molecular formula is C30H21F3N2O. The molecule has 6 heteroatoms. The molecule has 1 N–H and O–H groups in total. The van der Waals surface area contributed by atoms with Crippen LogP contribution in [-0.2, 0) is 12.7 Å². The van der Waals surface area contributed by atoms with E-state index in [4.69, 9.17) is 0 Å². The number of carbonyl (C=O) groups excluding carboxylic acids is 1. The van der Waals surface area contributed by atoms with E-state index in [0.29, 0.717) is 17.7 Å². The van der Waals surface area contributed by atoms with Crippen molar-refractivity contribution in [3.8, 4) is 11.3 Å². The molecule has 0 unspecified atom stereocenters. The van der Waals surface area contributed by atoms with Crippen LogP contribution in [0, 0.1) is 0 Å². The highest BCUT2D eigenvalue weighted by Crippen LogP contribution is 2.37. The van der Waals surface area contributed by atoms with E-state index in [1.807, 2.05) is 36.4 Å². The third-order valence-electron chi connectivity index (χ3n) is 5.91. The van der Waals surface area contributed by atoms with Crippen molar-refractivity contribution in [3.05, 3.63) is 131 Å². The lowest BCUT2D eigenvalue weighted by Gasteiger charge is -2.15. The second-order valence-electron chi connectivity index (χ2n) is 8.37. The predicted molar refractivity (Wildman–Crippen MR) is 136 cm³/mol. The summed E-state index contributed by atoms with van der Waals surface area (Å²) in [6, 6.07) is 31.1. The summed E-state index contributed by atoms with van der Waals surface area (Å²) in [6.45, 7) is 0.573. The average Bonchev–Trinajstić information content (AvgIpc) is 2.91. The molecule has 5 rings (SSSR count). The van der Waals surface area contributed by atoms with E-state index >= 15 is 0 Å². The van der Waals surface area contributed by atoms with Crippen molar-refractivity contribution in [1.29, 1.82) is 0 Å². The lowest BCUT2D eigenvalue weighted by atomic mass is 9.95. The van der Waals surface area contributed by atoms with Crippen LogP contribution in [0.15, 0.2) is 109 Å². The smallest absolute Gasteiger partial charge is 0.381 e. The number of halogens is 3. The van der Waals surface area contributed by atoms with Crippen LogP contribution in [0.4, 0.5) is 18.9 Å². The lowest BCUT2D eigenvalue weighted by Crippen LogP contribution is -2.10. The largest absolute Gasteiger partial charge is 0.418 e. The molecule has 0 fully saturated rings. The highest BCUT2D eigenvalue weighted by molar-refractivity contribution is 6.14. The molecule has 1 aromatic heterocycles. The Morgan fingerprint density at radius 2 is 1.47 bits per heavy atom. The molecule has 3 nitrogen and oxygen atoms in total. The highest BCUT2D eigenvalue weighted by atomic mass is 19.4. The number of para-hydroxylation sites is 1. The van der Waals surface area contributed by atoms with E-state index in [2.05, 4.69) is 10.3 Å². The molecule has 178 valence electrons. The van der Waals surface area contributed by atoms with Crippen LogP contribution in [0.25, 0.3) is 22.2 Å². The number of benzene rings is 4. The molecule has 0 atom stereocenters. The van der Waals surface area contributed by atoms with Crippen molar-refractivity contribution in [1.82, 2.24) is 4.98 Å². The van der Waals surface area contributed by atoms with E-state index < -0.39 is 11.7 Å². The van der Waals surface area contributed by atoms with Crippen LogP contribution in [0.1, 0.15) is 27.0 Å². The van der Waals surface area contributed by atoms with Crippen molar-refractivity contribution < 1.29 is 18.0 Å². The minimum atomic E-state index is -4.58. The van der Waals surface area contributed by atoms with Crippen molar-refractivity contribution in [2.24, 2.45) is 0 Å². The van der Waals surface area contributed by atoms with Crippen molar-refractivity contribution in [2.45, 2.75) is 12.7 Å². The molecule has 0 saturated heterocycles. The third-order valence-corrected chi connectivity index (χ3v) is 5.91. The average molecular weight is 483 g/mol. The van der Waals surface area contributed by atoms with E-state index in [-0.39, 0.29) is 27.9 Å². The van der Waals surface area contributed by atoms with Gasteiger partial charge in [-0.2, -0.15) is 13.2 Å². The summed E-state index contributed by atoms with van der Waals surface area (Å²) in [4.78, 5) is 17.9. The SMILES string of the molecule is O=C(c1ccccc1)c1cc2cccc(C(F)(F)F)c2nc1-c1cccc(NCc2ccccc2)c1. The fourth-order valence-electron chi connectivity index (χ4n) is 4.14. The molecule has 0 radical (unpaired) electrons. The van der Waals surface area contributed by atoms with Gasteiger partial charge in [0, 0.05) is 34.3 Å². The van der Waals surface area contributed by atoms with Crippen molar-refractivity contribution >= 4 is 22.4 Å². The first-order valence-electron chi connectivity index (χ1n) is 11.4. The number of nitrogens with zero attached hydrogens (tertiary/aromatic N) is 1. The van der Waals surface area contributed by atoms with Gasteiger partial charge in [0.25, 0.3) is 0 Å².